The van der Waals surface area contributed by atoms with Gasteiger partial charge in [0.25, 0.3) is 0 Å². The lowest BCUT2D eigenvalue weighted by molar-refractivity contribution is 0.221. The zero-order valence-corrected chi connectivity index (χ0v) is 13.5. The number of nitrogens with zero attached hydrogens (tertiary/aromatic N) is 4. The molecule has 1 fully saturated rings. The van der Waals surface area contributed by atoms with Gasteiger partial charge in [-0.1, -0.05) is 30.3 Å². The highest BCUT2D eigenvalue weighted by molar-refractivity contribution is 5.71. The first kappa shape index (κ1) is 14.4. The van der Waals surface area contributed by atoms with Crippen LogP contribution < -0.4 is 0 Å². The molecule has 0 atom stereocenters. The van der Waals surface area contributed by atoms with Gasteiger partial charge in [-0.3, -0.25) is 0 Å². The number of hydrogen-bond donors (Lipinski definition) is 0. The summed E-state index contributed by atoms with van der Waals surface area (Å²) in [5.74, 6) is 1.14. The summed E-state index contributed by atoms with van der Waals surface area (Å²) in [6.07, 6.45) is 5.08. The van der Waals surface area contributed by atoms with E-state index in [9.17, 15) is 0 Å². The van der Waals surface area contributed by atoms with Crippen LogP contribution in [0.15, 0.2) is 48.7 Å². The largest absolute Gasteiger partial charge is 0.309 e. The first-order chi connectivity index (χ1) is 11.3. The second-order valence-corrected chi connectivity index (χ2v) is 6.44. The Labute approximate surface area is 136 Å². The normalized spacial score (nSPS) is 16.9. The highest BCUT2D eigenvalue weighted by Gasteiger charge is 2.23. The maximum absolute atomic E-state index is 4.89. The molecule has 118 valence electrons. The van der Waals surface area contributed by atoms with Crippen LogP contribution in [0.4, 0.5) is 0 Å². The second-order valence-electron chi connectivity index (χ2n) is 6.44. The standard InChI is InChI=1S/C19H22N4/c1-22-12-9-16(10-13-22)23-18(14-15-6-3-2-4-7-15)21-17-8-5-11-20-19(17)23/h2-8,11,16H,9-10,12-14H2,1H3. The molecule has 1 aromatic carbocycles. The number of aromatic nitrogens is 3. The van der Waals surface area contributed by atoms with Crippen LogP contribution in [0.5, 0.6) is 0 Å². The summed E-state index contributed by atoms with van der Waals surface area (Å²) in [5.41, 5.74) is 3.35. The summed E-state index contributed by atoms with van der Waals surface area (Å²) in [7, 11) is 2.20. The molecular weight excluding hydrogens is 284 g/mol. The Balaban J connectivity index is 1.75. The van der Waals surface area contributed by atoms with E-state index in [4.69, 9.17) is 4.98 Å². The van der Waals surface area contributed by atoms with Crippen molar-refractivity contribution >= 4 is 11.2 Å². The van der Waals surface area contributed by atoms with E-state index in [0.29, 0.717) is 6.04 Å². The summed E-state index contributed by atoms with van der Waals surface area (Å²) in [4.78, 5) is 11.9. The third-order valence-electron chi connectivity index (χ3n) is 4.78. The molecular formula is C19H22N4. The van der Waals surface area contributed by atoms with Gasteiger partial charge >= 0.3 is 0 Å². The zero-order valence-electron chi connectivity index (χ0n) is 13.5. The number of pyridine rings is 1. The van der Waals surface area contributed by atoms with Crippen LogP contribution in [0.25, 0.3) is 11.2 Å². The molecule has 0 spiro atoms. The summed E-state index contributed by atoms with van der Waals surface area (Å²) >= 11 is 0. The van der Waals surface area contributed by atoms with Crippen LogP contribution in [-0.4, -0.2) is 39.6 Å². The zero-order chi connectivity index (χ0) is 15.6. The van der Waals surface area contributed by atoms with E-state index in [-0.39, 0.29) is 0 Å². The predicted octanol–water partition coefficient (Wildman–Crippen LogP) is 3.29. The summed E-state index contributed by atoms with van der Waals surface area (Å²) < 4.78 is 2.40. The number of likely N-dealkylation sites (tertiary alicyclic amines) is 1. The quantitative estimate of drug-likeness (QED) is 0.744. The molecule has 1 aliphatic rings. The molecule has 4 nitrogen and oxygen atoms in total. The van der Waals surface area contributed by atoms with Gasteiger partial charge in [0.05, 0.1) is 0 Å². The second kappa shape index (κ2) is 6.13. The fourth-order valence-corrected chi connectivity index (χ4v) is 3.52. The Morgan fingerprint density at radius 3 is 2.61 bits per heavy atom. The maximum Gasteiger partial charge on any atom is 0.160 e. The van der Waals surface area contributed by atoms with E-state index in [1.807, 2.05) is 12.3 Å². The van der Waals surface area contributed by atoms with Gasteiger partial charge in [0.1, 0.15) is 11.3 Å². The first-order valence-electron chi connectivity index (χ1n) is 8.35. The third kappa shape index (κ3) is 2.86. The van der Waals surface area contributed by atoms with Gasteiger partial charge in [0.15, 0.2) is 5.65 Å². The average molecular weight is 306 g/mol. The molecule has 0 amide bonds. The summed E-state index contributed by atoms with van der Waals surface area (Å²) in [6.45, 7) is 2.28. The van der Waals surface area contributed by atoms with E-state index in [1.165, 1.54) is 18.4 Å². The molecule has 4 heteroatoms. The van der Waals surface area contributed by atoms with Crippen molar-refractivity contribution < 1.29 is 0 Å². The van der Waals surface area contributed by atoms with E-state index in [0.717, 1.165) is 36.5 Å². The van der Waals surface area contributed by atoms with Crippen molar-refractivity contribution in [2.75, 3.05) is 20.1 Å². The Morgan fingerprint density at radius 1 is 1.04 bits per heavy atom. The summed E-state index contributed by atoms with van der Waals surface area (Å²) in [6, 6.07) is 15.1. The van der Waals surface area contributed by atoms with Crippen molar-refractivity contribution in [3.05, 3.63) is 60.0 Å². The van der Waals surface area contributed by atoms with Crippen LogP contribution >= 0.6 is 0 Å². The van der Waals surface area contributed by atoms with E-state index in [2.05, 4.69) is 57.9 Å². The minimum atomic E-state index is 0.504. The third-order valence-corrected chi connectivity index (χ3v) is 4.78. The lowest BCUT2D eigenvalue weighted by Gasteiger charge is -2.30. The SMILES string of the molecule is CN1CCC(n2c(Cc3ccccc3)nc3cccnc32)CC1. The Bertz CT molecular complexity index is 785. The minimum absolute atomic E-state index is 0.504. The molecule has 0 aliphatic carbocycles. The molecule has 1 saturated heterocycles. The van der Waals surface area contributed by atoms with Crippen molar-refractivity contribution in [1.29, 1.82) is 0 Å². The smallest absolute Gasteiger partial charge is 0.160 e. The van der Waals surface area contributed by atoms with Gasteiger partial charge in [0, 0.05) is 18.7 Å². The van der Waals surface area contributed by atoms with Gasteiger partial charge < -0.3 is 9.47 Å². The minimum Gasteiger partial charge on any atom is -0.309 e. The van der Waals surface area contributed by atoms with Gasteiger partial charge in [-0.25, -0.2) is 9.97 Å². The molecule has 0 N–H and O–H groups in total. The van der Waals surface area contributed by atoms with Crippen LogP contribution in [0.1, 0.15) is 30.3 Å². The van der Waals surface area contributed by atoms with Crippen molar-refractivity contribution in [3.8, 4) is 0 Å². The molecule has 0 saturated carbocycles. The van der Waals surface area contributed by atoms with Gasteiger partial charge in [-0.05, 0) is 50.7 Å². The molecule has 23 heavy (non-hydrogen) atoms. The van der Waals surface area contributed by atoms with E-state index >= 15 is 0 Å². The van der Waals surface area contributed by atoms with Crippen LogP contribution in [0, 0.1) is 0 Å². The average Bonchev–Trinajstić information content (AvgIpc) is 2.94. The maximum atomic E-state index is 4.89. The number of hydrogen-bond acceptors (Lipinski definition) is 3. The summed E-state index contributed by atoms with van der Waals surface area (Å²) in [5, 5.41) is 0. The van der Waals surface area contributed by atoms with Crippen LogP contribution in [0.3, 0.4) is 0 Å². The monoisotopic (exact) mass is 306 g/mol. The lowest BCUT2D eigenvalue weighted by Crippen LogP contribution is -2.32. The van der Waals surface area contributed by atoms with Crippen molar-refractivity contribution in [2.45, 2.75) is 25.3 Å². The molecule has 3 heterocycles. The number of fused-ring (bicyclic) bond motifs is 1. The topological polar surface area (TPSA) is 34.0 Å². The van der Waals surface area contributed by atoms with Gasteiger partial charge in [-0.15, -0.1) is 0 Å². The van der Waals surface area contributed by atoms with Gasteiger partial charge in [0.2, 0.25) is 0 Å². The van der Waals surface area contributed by atoms with Crippen molar-refractivity contribution in [3.63, 3.8) is 0 Å². The number of benzene rings is 1. The van der Waals surface area contributed by atoms with Crippen LogP contribution in [-0.2, 0) is 6.42 Å². The Morgan fingerprint density at radius 2 is 1.83 bits per heavy atom. The Hall–Kier alpha value is -2.20. The Kier molecular flexibility index (Phi) is 3.83. The molecule has 4 rings (SSSR count). The number of piperidine rings is 1. The number of rotatable bonds is 3. The molecule has 0 radical (unpaired) electrons. The van der Waals surface area contributed by atoms with Crippen molar-refractivity contribution in [1.82, 2.24) is 19.4 Å². The lowest BCUT2D eigenvalue weighted by atomic mass is 10.0. The fraction of sp³-hybridized carbons (Fsp3) is 0.368. The van der Waals surface area contributed by atoms with Gasteiger partial charge in [-0.2, -0.15) is 0 Å². The first-order valence-corrected chi connectivity index (χ1v) is 8.35. The van der Waals surface area contributed by atoms with E-state index in [1.54, 1.807) is 0 Å². The number of imidazole rings is 1. The molecule has 2 aromatic heterocycles. The molecule has 0 bridgehead atoms. The highest BCUT2D eigenvalue weighted by Crippen LogP contribution is 2.28. The van der Waals surface area contributed by atoms with Crippen molar-refractivity contribution in [2.24, 2.45) is 0 Å². The van der Waals surface area contributed by atoms with Crippen LogP contribution in [0.2, 0.25) is 0 Å². The molecule has 0 unspecified atom stereocenters. The fourth-order valence-electron chi connectivity index (χ4n) is 3.52. The highest BCUT2D eigenvalue weighted by atomic mass is 15.2. The predicted molar refractivity (Wildman–Crippen MR) is 92.5 cm³/mol. The van der Waals surface area contributed by atoms with E-state index < -0.39 is 0 Å². The molecule has 1 aliphatic heterocycles. The molecule has 3 aromatic rings.